The summed E-state index contributed by atoms with van der Waals surface area (Å²) in [5, 5.41) is 17.7. The molecule has 1 aromatic carbocycles. The van der Waals surface area contributed by atoms with Crippen molar-refractivity contribution in [1.82, 2.24) is 0 Å². The van der Waals surface area contributed by atoms with Crippen LogP contribution in [0, 0.1) is 0 Å². The van der Waals surface area contributed by atoms with Gasteiger partial charge in [0.25, 0.3) is 0 Å². The minimum absolute atomic E-state index is 0.304. The molecule has 0 radical (unpaired) electrons. The Balaban J connectivity index is 3.17. The average molecular weight is 184 g/mol. The molecule has 0 spiro atoms. The van der Waals surface area contributed by atoms with Gasteiger partial charge in [-0.15, -0.1) is 0 Å². The molecule has 0 amide bonds. The van der Waals surface area contributed by atoms with Crippen LogP contribution in [0.3, 0.4) is 0 Å². The SMILES string of the molecule is C[S@](=O)c1ccccc1B(O)O. The summed E-state index contributed by atoms with van der Waals surface area (Å²) < 4.78 is 11.1. The highest BCUT2D eigenvalue weighted by Crippen LogP contribution is 2.00. The number of hydrogen-bond acceptors (Lipinski definition) is 3. The van der Waals surface area contributed by atoms with Gasteiger partial charge in [0.2, 0.25) is 0 Å². The van der Waals surface area contributed by atoms with Crippen molar-refractivity contribution < 1.29 is 14.3 Å². The third kappa shape index (κ3) is 1.94. The van der Waals surface area contributed by atoms with Crippen LogP contribution in [-0.2, 0) is 10.8 Å². The standard InChI is InChI=1S/C7H9BO3S/c1-12(11)7-5-3-2-4-6(7)8(9)10/h2-5,9-10H,1H3/t12-/m0/s1. The molecular weight excluding hydrogens is 175 g/mol. The molecule has 64 valence electrons. The van der Waals surface area contributed by atoms with Gasteiger partial charge in [-0.2, -0.15) is 0 Å². The maximum Gasteiger partial charge on any atom is 0.489 e. The summed E-state index contributed by atoms with van der Waals surface area (Å²) in [7, 11) is -2.73. The van der Waals surface area contributed by atoms with Crippen LogP contribution in [0.15, 0.2) is 29.2 Å². The van der Waals surface area contributed by atoms with Crippen molar-refractivity contribution in [2.24, 2.45) is 0 Å². The van der Waals surface area contributed by atoms with Crippen molar-refractivity contribution in [3.63, 3.8) is 0 Å². The van der Waals surface area contributed by atoms with Gasteiger partial charge in [0.05, 0.1) is 0 Å². The third-order valence-electron chi connectivity index (χ3n) is 1.51. The zero-order valence-electron chi connectivity index (χ0n) is 6.60. The van der Waals surface area contributed by atoms with Crippen molar-refractivity contribution >= 4 is 23.4 Å². The summed E-state index contributed by atoms with van der Waals surface area (Å²) in [4.78, 5) is 0.465. The van der Waals surface area contributed by atoms with Crippen LogP contribution in [0.2, 0.25) is 0 Å². The molecule has 12 heavy (non-hydrogen) atoms. The van der Waals surface area contributed by atoms with Crippen LogP contribution in [0.5, 0.6) is 0 Å². The molecule has 0 aliphatic rings. The monoisotopic (exact) mass is 184 g/mol. The number of benzene rings is 1. The highest BCUT2D eigenvalue weighted by molar-refractivity contribution is 7.84. The molecule has 0 aromatic heterocycles. The van der Waals surface area contributed by atoms with Crippen LogP contribution in [-0.4, -0.2) is 27.6 Å². The van der Waals surface area contributed by atoms with E-state index in [1.165, 1.54) is 6.26 Å². The van der Waals surface area contributed by atoms with Gasteiger partial charge in [-0.3, -0.25) is 4.21 Å². The van der Waals surface area contributed by atoms with Crippen LogP contribution in [0.4, 0.5) is 0 Å². The molecular formula is C7H9BO3S. The second-order valence-corrected chi connectivity index (χ2v) is 3.71. The molecule has 0 saturated carbocycles. The lowest BCUT2D eigenvalue weighted by molar-refractivity contribution is 0.425. The minimum atomic E-state index is -1.55. The highest BCUT2D eigenvalue weighted by atomic mass is 32.2. The Morgan fingerprint density at radius 2 is 1.92 bits per heavy atom. The lowest BCUT2D eigenvalue weighted by atomic mass is 9.80. The molecule has 0 bridgehead atoms. The molecule has 0 saturated heterocycles. The van der Waals surface area contributed by atoms with Crippen molar-refractivity contribution in [2.45, 2.75) is 4.90 Å². The Labute approximate surface area is 73.7 Å². The van der Waals surface area contributed by atoms with Crippen molar-refractivity contribution in [2.75, 3.05) is 6.26 Å². The molecule has 0 aliphatic heterocycles. The fourth-order valence-corrected chi connectivity index (χ4v) is 1.73. The maximum atomic E-state index is 11.1. The molecule has 5 heteroatoms. The largest absolute Gasteiger partial charge is 0.489 e. The van der Waals surface area contributed by atoms with Gasteiger partial charge in [0.1, 0.15) is 0 Å². The predicted octanol–water partition coefficient (Wildman–Crippen LogP) is -0.896. The van der Waals surface area contributed by atoms with E-state index in [1.807, 2.05) is 0 Å². The summed E-state index contributed by atoms with van der Waals surface area (Å²) >= 11 is 0. The predicted molar refractivity (Wildman–Crippen MR) is 48.6 cm³/mol. The Morgan fingerprint density at radius 3 is 2.33 bits per heavy atom. The Kier molecular flexibility index (Phi) is 3.02. The first-order valence-corrected chi connectivity index (χ1v) is 4.97. The summed E-state index contributed by atoms with van der Waals surface area (Å²) in [5.74, 6) is 0. The van der Waals surface area contributed by atoms with Crippen LogP contribution >= 0.6 is 0 Å². The zero-order valence-corrected chi connectivity index (χ0v) is 7.41. The molecule has 0 aliphatic carbocycles. The van der Waals surface area contributed by atoms with Crippen molar-refractivity contribution in [3.05, 3.63) is 24.3 Å². The summed E-state index contributed by atoms with van der Waals surface area (Å²) in [5.41, 5.74) is 0.304. The smallest absolute Gasteiger partial charge is 0.423 e. The van der Waals surface area contributed by atoms with Gasteiger partial charge in [-0.25, -0.2) is 0 Å². The van der Waals surface area contributed by atoms with Gasteiger partial charge < -0.3 is 10.0 Å². The Morgan fingerprint density at radius 1 is 1.33 bits per heavy atom. The molecule has 3 nitrogen and oxygen atoms in total. The van der Waals surface area contributed by atoms with E-state index >= 15 is 0 Å². The van der Waals surface area contributed by atoms with Crippen molar-refractivity contribution in [3.8, 4) is 0 Å². The molecule has 1 aromatic rings. The molecule has 0 fully saturated rings. The van der Waals surface area contributed by atoms with E-state index in [2.05, 4.69) is 0 Å². The minimum Gasteiger partial charge on any atom is -0.423 e. The van der Waals surface area contributed by atoms with Gasteiger partial charge >= 0.3 is 7.12 Å². The topological polar surface area (TPSA) is 57.5 Å². The van der Waals surface area contributed by atoms with E-state index in [9.17, 15) is 4.21 Å². The lowest BCUT2D eigenvalue weighted by Crippen LogP contribution is -2.32. The second-order valence-electron chi connectivity index (χ2n) is 2.37. The van der Waals surface area contributed by atoms with Crippen LogP contribution in [0.25, 0.3) is 0 Å². The van der Waals surface area contributed by atoms with Gasteiger partial charge in [0, 0.05) is 22.0 Å². The Hall–Kier alpha value is -0.645. The number of hydrogen-bond donors (Lipinski definition) is 2. The first kappa shape index (κ1) is 9.44. The van der Waals surface area contributed by atoms with E-state index in [1.54, 1.807) is 24.3 Å². The Bertz CT molecular complexity index is 300. The van der Waals surface area contributed by atoms with E-state index in [-0.39, 0.29) is 0 Å². The normalized spacial score (nSPS) is 12.6. The molecule has 0 unspecified atom stereocenters. The first-order chi connectivity index (χ1) is 5.63. The highest BCUT2D eigenvalue weighted by Gasteiger charge is 2.16. The first-order valence-electron chi connectivity index (χ1n) is 3.41. The second kappa shape index (κ2) is 3.84. The quantitative estimate of drug-likeness (QED) is 0.586. The van der Waals surface area contributed by atoms with Crippen LogP contribution in [0.1, 0.15) is 0 Å². The molecule has 1 rings (SSSR count). The zero-order chi connectivity index (χ0) is 9.14. The summed E-state index contributed by atoms with van der Waals surface area (Å²) in [6, 6.07) is 6.54. The lowest BCUT2D eigenvalue weighted by Gasteiger charge is -2.04. The molecule has 2 N–H and O–H groups in total. The fraction of sp³-hybridized carbons (Fsp3) is 0.143. The van der Waals surface area contributed by atoms with E-state index < -0.39 is 17.9 Å². The average Bonchev–Trinajstić information content (AvgIpc) is 2.04. The summed E-state index contributed by atoms with van der Waals surface area (Å²) in [6.45, 7) is 0. The van der Waals surface area contributed by atoms with Crippen molar-refractivity contribution in [1.29, 1.82) is 0 Å². The van der Waals surface area contributed by atoms with Gasteiger partial charge in [0.15, 0.2) is 0 Å². The third-order valence-corrected chi connectivity index (χ3v) is 2.50. The van der Waals surface area contributed by atoms with E-state index in [0.29, 0.717) is 10.4 Å². The summed E-state index contributed by atoms with van der Waals surface area (Å²) in [6.07, 6.45) is 1.50. The van der Waals surface area contributed by atoms with Gasteiger partial charge in [-0.1, -0.05) is 18.2 Å². The maximum absolute atomic E-state index is 11.1. The van der Waals surface area contributed by atoms with E-state index in [4.69, 9.17) is 10.0 Å². The van der Waals surface area contributed by atoms with Gasteiger partial charge in [-0.05, 0) is 11.5 Å². The fourth-order valence-electron chi connectivity index (χ4n) is 0.956. The van der Waals surface area contributed by atoms with Crippen LogP contribution < -0.4 is 5.46 Å². The van der Waals surface area contributed by atoms with E-state index in [0.717, 1.165) is 0 Å². The molecule has 0 heterocycles. The molecule has 1 atom stereocenters. The number of rotatable bonds is 2.